The van der Waals surface area contributed by atoms with Crippen LogP contribution in [0.5, 0.6) is 0 Å². The van der Waals surface area contributed by atoms with Crippen molar-refractivity contribution in [1.82, 2.24) is 4.72 Å². The Kier molecular flexibility index (Phi) is 11.8. The van der Waals surface area contributed by atoms with Crippen LogP contribution in [-0.4, -0.2) is 43.9 Å². The van der Waals surface area contributed by atoms with E-state index in [1.54, 1.807) is 10.8 Å². The maximum absolute atomic E-state index is 12.2. The minimum absolute atomic E-state index is 0.00319. The second-order valence-corrected chi connectivity index (χ2v) is 10.1. The van der Waals surface area contributed by atoms with Gasteiger partial charge in [-0.05, 0) is 45.1 Å². The van der Waals surface area contributed by atoms with Gasteiger partial charge in [-0.3, -0.25) is 4.79 Å². The van der Waals surface area contributed by atoms with Crippen LogP contribution in [0.1, 0.15) is 65.2 Å². The SMILES string of the molecule is CCCCC[C@](C)(O)C=C[C@H]1C=CC(=O)[C@@H]1CC=CCCCCOC(=O)NS(C)(=O)=O. The largest absolute Gasteiger partial charge is 0.449 e. The second-order valence-electron chi connectivity index (χ2n) is 8.33. The van der Waals surface area contributed by atoms with E-state index < -0.39 is 21.7 Å². The van der Waals surface area contributed by atoms with Crippen LogP contribution in [-0.2, 0) is 19.6 Å². The van der Waals surface area contributed by atoms with Crippen LogP contribution < -0.4 is 4.72 Å². The Morgan fingerprint density at radius 3 is 2.68 bits per heavy atom. The molecule has 2 N–H and O–H groups in total. The molecule has 7 nitrogen and oxygen atoms in total. The van der Waals surface area contributed by atoms with Crippen molar-refractivity contribution >= 4 is 21.9 Å². The number of rotatable bonds is 14. The van der Waals surface area contributed by atoms with Gasteiger partial charge in [-0.1, -0.05) is 56.6 Å². The lowest BCUT2D eigenvalue weighted by Crippen LogP contribution is -2.30. The zero-order chi connectivity index (χ0) is 23.3. The first kappa shape index (κ1) is 27.1. The highest BCUT2D eigenvalue weighted by Crippen LogP contribution is 2.28. The summed E-state index contributed by atoms with van der Waals surface area (Å²) in [5.74, 6) is -0.0336. The van der Waals surface area contributed by atoms with Gasteiger partial charge in [0, 0.05) is 11.8 Å². The van der Waals surface area contributed by atoms with Gasteiger partial charge in [0.15, 0.2) is 5.78 Å². The lowest BCUT2D eigenvalue weighted by atomic mass is 9.88. The molecule has 8 heteroatoms. The highest BCUT2D eigenvalue weighted by atomic mass is 32.2. The second kappa shape index (κ2) is 13.5. The number of hydrogen-bond acceptors (Lipinski definition) is 6. The molecule has 0 aliphatic heterocycles. The van der Waals surface area contributed by atoms with E-state index in [0.29, 0.717) is 19.3 Å². The van der Waals surface area contributed by atoms with Crippen LogP contribution >= 0.6 is 0 Å². The first-order valence-electron chi connectivity index (χ1n) is 11.0. The maximum Gasteiger partial charge on any atom is 0.420 e. The predicted molar refractivity (Wildman–Crippen MR) is 122 cm³/mol. The summed E-state index contributed by atoms with van der Waals surface area (Å²) in [7, 11) is -3.60. The van der Waals surface area contributed by atoms with Crippen molar-refractivity contribution in [2.24, 2.45) is 11.8 Å². The number of hydrogen-bond donors (Lipinski definition) is 2. The zero-order valence-corrected chi connectivity index (χ0v) is 19.7. The van der Waals surface area contributed by atoms with E-state index in [9.17, 15) is 23.1 Å². The number of carbonyl (C=O) groups excluding carboxylic acids is 2. The van der Waals surface area contributed by atoms with Crippen molar-refractivity contribution in [3.8, 4) is 0 Å². The van der Waals surface area contributed by atoms with Gasteiger partial charge >= 0.3 is 6.09 Å². The Balaban J connectivity index is 2.32. The average molecular weight is 456 g/mol. The molecule has 0 heterocycles. The van der Waals surface area contributed by atoms with E-state index in [1.165, 1.54) is 0 Å². The maximum atomic E-state index is 12.2. The van der Waals surface area contributed by atoms with Crippen molar-refractivity contribution in [2.45, 2.75) is 70.8 Å². The minimum Gasteiger partial charge on any atom is -0.449 e. The molecule has 3 atom stereocenters. The van der Waals surface area contributed by atoms with Gasteiger partial charge in [-0.25, -0.2) is 17.9 Å². The Hall–Kier alpha value is -1.93. The topological polar surface area (TPSA) is 110 Å². The van der Waals surface area contributed by atoms with Gasteiger partial charge in [-0.15, -0.1) is 0 Å². The molecule has 0 saturated heterocycles. The van der Waals surface area contributed by atoms with Gasteiger partial charge in [0.25, 0.3) is 0 Å². The molecular weight excluding hydrogens is 418 g/mol. The summed E-state index contributed by atoms with van der Waals surface area (Å²) in [5.41, 5.74) is -0.852. The first-order valence-corrected chi connectivity index (χ1v) is 12.9. The number of sulfonamides is 1. The van der Waals surface area contributed by atoms with E-state index in [4.69, 9.17) is 4.74 Å². The molecule has 1 aliphatic carbocycles. The van der Waals surface area contributed by atoms with Crippen molar-refractivity contribution in [1.29, 1.82) is 0 Å². The quantitative estimate of drug-likeness (QED) is 0.302. The van der Waals surface area contributed by atoms with Crippen molar-refractivity contribution in [3.63, 3.8) is 0 Å². The summed E-state index contributed by atoms with van der Waals surface area (Å²) in [6.07, 6.45) is 17.9. The molecule has 0 radical (unpaired) electrons. The average Bonchev–Trinajstić information content (AvgIpc) is 3.01. The van der Waals surface area contributed by atoms with Crippen molar-refractivity contribution < 1.29 is 27.9 Å². The molecule has 0 fully saturated rings. The highest BCUT2D eigenvalue weighted by molar-refractivity contribution is 7.89. The van der Waals surface area contributed by atoms with Crippen LogP contribution in [0.15, 0.2) is 36.5 Å². The van der Waals surface area contributed by atoms with Crippen LogP contribution in [0.3, 0.4) is 0 Å². The molecule has 0 aromatic carbocycles. The van der Waals surface area contributed by atoms with Crippen LogP contribution in [0.2, 0.25) is 0 Å². The summed E-state index contributed by atoms with van der Waals surface area (Å²) in [6, 6.07) is 0. The van der Waals surface area contributed by atoms with Gasteiger partial charge in [0.05, 0.1) is 18.5 Å². The standard InChI is InChI=1S/C23H37NO6S/c1-4-5-10-16-23(2,27)17-15-19-13-14-21(25)20(19)12-9-7-6-8-11-18-30-22(26)24-31(3,28)29/h7,9,13-15,17,19-20,27H,4-6,8,10-12,16,18H2,1-3H3,(H,24,26)/t19-,20-,23+/m1/s1. The molecule has 0 spiro atoms. The Morgan fingerprint density at radius 1 is 1.26 bits per heavy atom. The molecule has 1 rings (SSSR count). The van der Waals surface area contributed by atoms with Crippen LogP contribution in [0.4, 0.5) is 4.79 Å². The molecule has 0 unspecified atom stereocenters. The fraction of sp³-hybridized carbons (Fsp3) is 0.652. The third-order valence-electron chi connectivity index (χ3n) is 5.10. The number of allylic oxidation sites excluding steroid dienone is 5. The number of ketones is 1. The highest BCUT2D eigenvalue weighted by Gasteiger charge is 2.28. The predicted octanol–water partition coefficient (Wildman–Crippen LogP) is 4.05. The van der Waals surface area contributed by atoms with Crippen LogP contribution in [0, 0.1) is 11.8 Å². The third-order valence-corrected chi connectivity index (χ3v) is 5.64. The summed E-state index contributed by atoms with van der Waals surface area (Å²) >= 11 is 0. The molecule has 0 saturated carbocycles. The molecular formula is C23H37NO6S. The Labute approximate surface area is 186 Å². The summed E-state index contributed by atoms with van der Waals surface area (Å²) in [5, 5.41) is 10.5. The number of unbranched alkanes of at least 4 members (excludes halogenated alkanes) is 4. The Morgan fingerprint density at radius 2 is 2.00 bits per heavy atom. The molecule has 0 bridgehead atoms. The first-order chi connectivity index (χ1) is 14.5. The summed E-state index contributed by atoms with van der Waals surface area (Å²) in [4.78, 5) is 23.4. The lowest BCUT2D eigenvalue weighted by Gasteiger charge is -2.20. The van der Waals surface area contributed by atoms with Gasteiger partial charge in [-0.2, -0.15) is 0 Å². The molecule has 1 amide bonds. The molecule has 0 aromatic rings. The fourth-order valence-electron chi connectivity index (χ4n) is 3.33. The van der Waals surface area contributed by atoms with Crippen LogP contribution in [0.25, 0.3) is 0 Å². The van der Waals surface area contributed by atoms with E-state index in [1.807, 2.05) is 37.3 Å². The summed E-state index contributed by atoms with van der Waals surface area (Å²) < 4.78 is 28.3. The number of aliphatic hydroxyl groups is 1. The Bertz CT molecular complexity index is 767. The monoisotopic (exact) mass is 455 g/mol. The van der Waals surface area contributed by atoms with Crippen molar-refractivity contribution in [3.05, 3.63) is 36.5 Å². The van der Waals surface area contributed by atoms with E-state index in [-0.39, 0.29) is 24.2 Å². The number of ether oxygens (including phenoxy) is 1. The fourth-order valence-corrected chi connectivity index (χ4v) is 3.69. The lowest BCUT2D eigenvalue weighted by molar-refractivity contribution is -0.117. The summed E-state index contributed by atoms with van der Waals surface area (Å²) in [6.45, 7) is 4.08. The molecule has 31 heavy (non-hydrogen) atoms. The van der Waals surface area contributed by atoms with Crippen molar-refractivity contribution in [2.75, 3.05) is 12.9 Å². The van der Waals surface area contributed by atoms with Gasteiger partial charge < -0.3 is 9.84 Å². The smallest absolute Gasteiger partial charge is 0.420 e. The van der Waals surface area contributed by atoms with E-state index in [0.717, 1.165) is 38.4 Å². The van der Waals surface area contributed by atoms with E-state index in [2.05, 4.69) is 6.92 Å². The molecule has 176 valence electrons. The molecule has 0 aromatic heterocycles. The number of amides is 1. The third kappa shape index (κ3) is 12.5. The van der Waals surface area contributed by atoms with Gasteiger partial charge in [0.1, 0.15) is 0 Å². The minimum atomic E-state index is -3.60. The number of carbonyl (C=O) groups is 2. The molecule has 1 aliphatic rings. The normalized spacial score (nSPS) is 21.1. The zero-order valence-electron chi connectivity index (χ0n) is 18.9. The van der Waals surface area contributed by atoms with Gasteiger partial charge in [0.2, 0.25) is 10.0 Å². The van der Waals surface area contributed by atoms with E-state index >= 15 is 0 Å². The number of nitrogens with one attached hydrogen (secondary N) is 1.